The van der Waals surface area contributed by atoms with Crippen molar-refractivity contribution < 1.29 is 13.2 Å². The average molecular weight is 518 g/mol. The Hall–Kier alpha value is -2.24. The van der Waals surface area contributed by atoms with Crippen molar-refractivity contribution in [3.8, 4) is 0 Å². The Bertz CT molecular complexity index is 1160. The van der Waals surface area contributed by atoms with E-state index in [1.807, 2.05) is 6.07 Å². The third-order valence-corrected chi connectivity index (χ3v) is 8.68. The topological polar surface area (TPSA) is 104 Å². The maximum Gasteiger partial charge on any atom is 0.272 e. The van der Waals surface area contributed by atoms with E-state index < -0.39 is 10.0 Å². The van der Waals surface area contributed by atoms with Crippen molar-refractivity contribution in [1.82, 2.24) is 29.3 Å². The minimum atomic E-state index is -3.72. The van der Waals surface area contributed by atoms with E-state index in [1.54, 1.807) is 6.07 Å². The summed E-state index contributed by atoms with van der Waals surface area (Å²) < 4.78 is 25.9. The van der Waals surface area contributed by atoms with E-state index in [0.717, 1.165) is 81.1 Å². The van der Waals surface area contributed by atoms with Gasteiger partial charge in [0.1, 0.15) is 5.82 Å². The van der Waals surface area contributed by atoms with Gasteiger partial charge in [-0.2, -0.15) is 0 Å². The third-order valence-electron chi connectivity index (χ3n) is 7.80. The highest BCUT2D eigenvalue weighted by Crippen LogP contribution is 2.25. The van der Waals surface area contributed by atoms with Gasteiger partial charge in [-0.1, -0.05) is 12.8 Å². The van der Waals surface area contributed by atoms with Crippen LogP contribution in [0.25, 0.3) is 11.0 Å². The molecule has 3 aliphatic rings. The Balaban J connectivity index is 1.27. The summed E-state index contributed by atoms with van der Waals surface area (Å²) in [5, 5.41) is 7.82. The fourth-order valence-electron chi connectivity index (χ4n) is 5.68. The average Bonchev–Trinajstić information content (AvgIpc) is 3.43. The zero-order chi connectivity index (χ0) is 25.1. The van der Waals surface area contributed by atoms with Gasteiger partial charge in [-0.15, -0.1) is 9.19 Å². The molecule has 11 heteroatoms. The van der Waals surface area contributed by atoms with E-state index in [9.17, 15) is 13.2 Å². The Morgan fingerprint density at radius 2 is 1.53 bits per heavy atom. The van der Waals surface area contributed by atoms with Crippen LogP contribution >= 0.6 is 0 Å². The van der Waals surface area contributed by atoms with Gasteiger partial charge in [0.2, 0.25) is 0 Å². The number of aromatic nitrogens is 3. The zero-order valence-electron chi connectivity index (χ0n) is 21.4. The number of nitrogens with one attached hydrogen (secondary N) is 1. The molecule has 0 unspecified atom stereocenters. The number of piperidine rings is 1. The number of carbonyl (C=O) groups is 1. The molecule has 2 aromatic heterocycles. The summed E-state index contributed by atoms with van der Waals surface area (Å²) in [6.45, 7) is 8.35. The predicted molar refractivity (Wildman–Crippen MR) is 141 cm³/mol. The highest BCUT2D eigenvalue weighted by molar-refractivity contribution is 7.89. The molecule has 0 bridgehead atoms. The molecule has 1 amide bonds. The number of hydrogen-bond acceptors (Lipinski definition) is 8. The van der Waals surface area contributed by atoms with Crippen LogP contribution in [0.1, 0.15) is 61.9 Å². The Labute approximate surface area is 214 Å². The molecule has 0 aromatic carbocycles. The van der Waals surface area contributed by atoms with Crippen molar-refractivity contribution in [2.75, 3.05) is 63.5 Å². The minimum Gasteiger partial charge on any atom is -0.357 e. The molecule has 10 nitrogen and oxygen atoms in total. The summed E-state index contributed by atoms with van der Waals surface area (Å²) in [5.74, 6) is 0.407. The molecule has 3 fully saturated rings. The van der Waals surface area contributed by atoms with E-state index >= 15 is 0 Å². The number of fused-ring (bicyclic) bond motifs is 1. The molecular formula is C25H39N7O3S. The SMILES string of the molecule is CS(=O)(=O)n1nc(C(=O)NC2CCN(CCN3CCCC3)CC2)c2ccc(N3CCCCCC3)nc21. The van der Waals surface area contributed by atoms with Crippen LogP contribution in [-0.2, 0) is 10.0 Å². The van der Waals surface area contributed by atoms with Gasteiger partial charge < -0.3 is 20.0 Å². The Morgan fingerprint density at radius 1 is 0.917 bits per heavy atom. The molecule has 3 saturated heterocycles. The van der Waals surface area contributed by atoms with Gasteiger partial charge in [-0.05, 0) is 63.7 Å². The lowest BCUT2D eigenvalue weighted by molar-refractivity contribution is 0.0904. The second kappa shape index (κ2) is 11.0. The first-order chi connectivity index (χ1) is 17.4. The van der Waals surface area contributed by atoms with Gasteiger partial charge in [0.05, 0.1) is 11.6 Å². The largest absolute Gasteiger partial charge is 0.357 e. The molecule has 2 aromatic rings. The number of amides is 1. The zero-order valence-corrected chi connectivity index (χ0v) is 22.2. The molecule has 0 saturated carbocycles. The second-order valence-corrected chi connectivity index (χ2v) is 12.3. The highest BCUT2D eigenvalue weighted by Gasteiger charge is 2.27. The molecular weight excluding hydrogens is 478 g/mol. The van der Waals surface area contributed by atoms with Gasteiger partial charge in [0, 0.05) is 45.3 Å². The van der Waals surface area contributed by atoms with Crippen LogP contribution in [0, 0.1) is 0 Å². The number of anilines is 1. The van der Waals surface area contributed by atoms with E-state index in [4.69, 9.17) is 0 Å². The molecule has 5 heterocycles. The number of hydrogen-bond donors (Lipinski definition) is 1. The summed E-state index contributed by atoms with van der Waals surface area (Å²) >= 11 is 0. The number of rotatable bonds is 7. The van der Waals surface area contributed by atoms with Crippen LogP contribution in [0.15, 0.2) is 12.1 Å². The van der Waals surface area contributed by atoms with Crippen molar-refractivity contribution in [2.45, 2.75) is 57.4 Å². The monoisotopic (exact) mass is 517 g/mol. The van der Waals surface area contributed by atoms with E-state index in [0.29, 0.717) is 5.39 Å². The number of pyridine rings is 1. The molecule has 0 aliphatic carbocycles. The molecule has 3 aliphatic heterocycles. The molecule has 0 radical (unpaired) electrons. The summed E-state index contributed by atoms with van der Waals surface area (Å²) in [6, 6.07) is 3.74. The molecule has 198 valence electrons. The molecule has 0 atom stereocenters. The lowest BCUT2D eigenvalue weighted by atomic mass is 10.0. The maximum atomic E-state index is 13.2. The molecule has 0 spiro atoms. The summed E-state index contributed by atoms with van der Waals surface area (Å²) in [7, 11) is -3.72. The summed E-state index contributed by atoms with van der Waals surface area (Å²) in [4.78, 5) is 25.1. The minimum absolute atomic E-state index is 0.0586. The summed E-state index contributed by atoms with van der Waals surface area (Å²) in [5.41, 5.74) is 0.350. The molecule has 36 heavy (non-hydrogen) atoms. The Kier molecular flexibility index (Phi) is 7.78. The van der Waals surface area contributed by atoms with Crippen LogP contribution in [0.3, 0.4) is 0 Å². The maximum absolute atomic E-state index is 13.2. The number of likely N-dealkylation sites (tertiary alicyclic amines) is 2. The predicted octanol–water partition coefficient (Wildman–Crippen LogP) is 1.91. The van der Waals surface area contributed by atoms with Gasteiger partial charge >= 0.3 is 0 Å². The second-order valence-electron chi connectivity index (χ2n) is 10.5. The van der Waals surface area contributed by atoms with Crippen molar-refractivity contribution in [2.24, 2.45) is 0 Å². The smallest absolute Gasteiger partial charge is 0.272 e. The van der Waals surface area contributed by atoms with Crippen LogP contribution in [-0.4, -0.2) is 103 Å². The van der Waals surface area contributed by atoms with Crippen LogP contribution in [0.2, 0.25) is 0 Å². The number of nitrogens with zero attached hydrogens (tertiary/aromatic N) is 6. The standard InChI is InChI=1S/C25H39N7O3S/c1-36(34,35)32-24-21(8-9-22(27-24)31-14-4-2-3-5-15-31)23(28-32)25(33)26-20-10-16-30(17-11-20)19-18-29-12-6-7-13-29/h8-9,20H,2-7,10-19H2,1H3,(H,26,33). The van der Waals surface area contributed by atoms with E-state index in [1.165, 1.54) is 38.8 Å². The van der Waals surface area contributed by atoms with Crippen LogP contribution in [0.5, 0.6) is 0 Å². The first kappa shape index (κ1) is 25.4. The highest BCUT2D eigenvalue weighted by atomic mass is 32.2. The normalized spacial score (nSPS) is 21.2. The fraction of sp³-hybridized carbons (Fsp3) is 0.720. The number of carbonyl (C=O) groups excluding carboxylic acids is 1. The van der Waals surface area contributed by atoms with Gasteiger partial charge in [-0.25, -0.2) is 13.4 Å². The van der Waals surface area contributed by atoms with Crippen LogP contribution < -0.4 is 10.2 Å². The van der Waals surface area contributed by atoms with Crippen molar-refractivity contribution in [1.29, 1.82) is 0 Å². The first-order valence-electron chi connectivity index (χ1n) is 13.5. The van der Waals surface area contributed by atoms with Crippen molar-refractivity contribution >= 4 is 32.8 Å². The van der Waals surface area contributed by atoms with Gasteiger partial charge in [0.25, 0.3) is 15.9 Å². The van der Waals surface area contributed by atoms with Crippen molar-refractivity contribution in [3.63, 3.8) is 0 Å². The third kappa shape index (κ3) is 5.84. The Morgan fingerprint density at radius 3 is 2.17 bits per heavy atom. The van der Waals surface area contributed by atoms with Gasteiger partial charge in [-0.3, -0.25) is 4.79 Å². The van der Waals surface area contributed by atoms with Crippen molar-refractivity contribution in [3.05, 3.63) is 17.8 Å². The quantitative estimate of drug-likeness (QED) is 0.594. The van der Waals surface area contributed by atoms with Crippen LogP contribution in [0.4, 0.5) is 5.82 Å². The fourth-order valence-corrected chi connectivity index (χ4v) is 6.36. The molecule has 1 N–H and O–H groups in total. The summed E-state index contributed by atoms with van der Waals surface area (Å²) in [6.07, 6.45) is 10.1. The lowest BCUT2D eigenvalue weighted by Crippen LogP contribution is -2.46. The molecule has 5 rings (SSSR count). The van der Waals surface area contributed by atoms with E-state index in [-0.39, 0.29) is 23.3 Å². The lowest BCUT2D eigenvalue weighted by Gasteiger charge is -2.33. The first-order valence-corrected chi connectivity index (χ1v) is 15.3. The van der Waals surface area contributed by atoms with E-state index in [2.05, 4.69) is 30.1 Å². The van der Waals surface area contributed by atoms with Gasteiger partial charge in [0.15, 0.2) is 11.3 Å².